The van der Waals surface area contributed by atoms with E-state index in [-0.39, 0.29) is 15.7 Å². The minimum absolute atomic E-state index is 0.0653. The number of nitrogens with zero attached hydrogens (tertiary/aromatic N) is 2. The Morgan fingerprint density at radius 1 is 0.912 bits per heavy atom. The quantitative estimate of drug-likeness (QED) is 0.275. The van der Waals surface area contributed by atoms with Gasteiger partial charge < -0.3 is 0 Å². The van der Waals surface area contributed by atoms with Gasteiger partial charge in [-0.25, -0.2) is 18.5 Å². The minimum Gasteiger partial charge on any atom is -0.287 e. The summed E-state index contributed by atoms with van der Waals surface area (Å²) in [6, 6.07) is 24.2. The Labute approximate surface area is 203 Å². The number of fused-ring (bicyclic) bond motifs is 1. The van der Waals surface area contributed by atoms with Gasteiger partial charge in [-0.15, -0.1) is 0 Å². The average molecular weight is 494 g/mol. The van der Waals surface area contributed by atoms with Crippen LogP contribution < -0.4 is 10.7 Å². The Balaban J connectivity index is 1.56. The molecule has 0 unspecified atom stereocenters. The zero-order valence-corrected chi connectivity index (χ0v) is 20.6. The standard InChI is InChI=1S/C26H27N3O3S2/c1-19(11-12-20-7-3-2-4-8-20)33-26-28-24-10-6-5-9-23(24)25(30)29(26)18-17-21-13-15-22(16-14-21)34(27,31)32/h2-10,13-16,19H,11-12,17-18H2,1H3,(H2,27,31,32)/t19-/m1/s1. The van der Waals surface area contributed by atoms with Crippen LogP contribution in [0.4, 0.5) is 0 Å². The highest BCUT2D eigenvalue weighted by Gasteiger charge is 2.15. The van der Waals surface area contributed by atoms with Crippen molar-refractivity contribution in [1.82, 2.24) is 9.55 Å². The molecule has 1 aromatic heterocycles. The van der Waals surface area contributed by atoms with Crippen LogP contribution in [-0.2, 0) is 29.4 Å². The van der Waals surface area contributed by atoms with Gasteiger partial charge in [0, 0.05) is 11.8 Å². The van der Waals surface area contributed by atoms with E-state index in [0.29, 0.717) is 29.0 Å². The molecule has 0 spiro atoms. The zero-order valence-electron chi connectivity index (χ0n) is 18.9. The summed E-state index contributed by atoms with van der Waals surface area (Å²) in [4.78, 5) is 18.2. The largest absolute Gasteiger partial charge is 0.287 e. The van der Waals surface area contributed by atoms with Crippen LogP contribution in [0.2, 0.25) is 0 Å². The number of nitrogens with two attached hydrogens (primary N) is 1. The Bertz CT molecular complexity index is 1430. The van der Waals surface area contributed by atoms with Crippen LogP contribution >= 0.6 is 11.8 Å². The summed E-state index contributed by atoms with van der Waals surface area (Å²) in [6.07, 6.45) is 2.49. The Hall–Kier alpha value is -2.94. The fraction of sp³-hybridized carbons (Fsp3) is 0.231. The van der Waals surface area contributed by atoms with Gasteiger partial charge in [-0.3, -0.25) is 9.36 Å². The van der Waals surface area contributed by atoms with Crippen molar-refractivity contribution in [2.24, 2.45) is 5.14 Å². The summed E-state index contributed by atoms with van der Waals surface area (Å²) >= 11 is 1.62. The Morgan fingerprint density at radius 2 is 1.56 bits per heavy atom. The van der Waals surface area contributed by atoms with Gasteiger partial charge in [0.15, 0.2) is 5.16 Å². The number of aromatic nitrogens is 2. The van der Waals surface area contributed by atoms with Crippen LogP contribution in [0.5, 0.6) is 0 Å². The lowest BCUT2D eigenvalue weighted by atomic mass is 10.1. The summed E-state index contributed by atoms with van der Waals surface area (Å²) < 4.78 is 24.7. The van der Waals surface area contributed by atoms with Crippen LogP contribution in [0.3, 0.4) is 0 Å². The molecule has 0 radical (unpaired) electrons. The smallest absolute Gasteiger partial charge is 0.262 e. The maximum absolute atomic E-state index is 13.3. The van der Waals surface area contributed by atoms with Gasteiger partial charge in [0.2, 0.25) is 10.0 Å². The highest BCUT2D eigenvalue weighted by molar-refractivity contribution is 7.99. The first kappa shape index (κ1) is 24.2. The number of thioether (sulfide) groups is 1. The predicted molar refractivity (Wildman–Crippen MR) is 138 cm³/mol. The van der Waals surface area contributed by atoms with Gasteiger partial charge in [0.05, 0.1) is 15.8 Å². The first-order valence-corrected chi connectivity index (χ1v) is 13.6. The molecule has 1 heterocycles. The molecule has 0 aliphatic rings. The topological polar surface area (TPSA) is 95.0 Å². The van der Waals surface area contributed by atoms with Gasteiger partial charge in [0.25, 0.3) is 5.56 Å². The molecule has 8 heteroatoms. The highest BCUT2D eigenvalue weighted by atomic mass is 32.2. The zero-order chi connectivity index (χ0) is 24.1. The summed E-state index contributed by atoms with van der Waals surface area (Å²) in [5.74, 6) is 0. The number of hydrogen-bond donors (Lipinski definition) is 1. The second-order valence-corrected chi connectivity index (χ2v) is 11.2. The lowest BCUT2D eigenvalue weighted by Gasteiger charge is -2.16. The summed E-state index contributed by atoms with van der Waals surface area (Å²) in [6.45, 7) is 2.60. The predicted octanol–water partition coefficient (Wildman–Crippen LogP) is 4.40. The first-order valence-electron chi connectivity index (χ1n) is 11.1. The van der Waals surface area contributed by atoms with Crippen molar-refractivity contribution in [3.63, 3.8) is 0 Å². The molecule has 176 valence electrons. The molecule has 3 aromatic carbocycles. The third-order valence-corrected chi connectivity index (χ3v) is 7.78. The minimum atomic E-state index is -3.73. The maximum atomic E-state index is 13.3. The average Bonchev–Trinajstić information content (AvgIpc) is 2.83. The fourth-order valence-corrected chi connectivity index (χ4v) is 5.34. The van der Waals surface area contributed by atoms with Crippen molar-refractivity contribution in [2.75, 3.05) is 0 Å². The molecule has 0 saturated carbocycles. The van der Waals surface area contributed by atoms with Crippen molar-refractivity contribution in [2.45, 2.75) is 48.0 Å². The number of hydrogen-bond acceptors (Lipinski definition) is 5. The van der Waals surface area contributed by atoms with Crippen LogP contribution in [0, 0.1) is 0 Å². The molecule has 2 N–H and O–H groups in total. The second-order valence-electron chi connectivity index (χ2n) is 8.26. The van der Waals surface area contributed by atoms with E-state index in [0.717, 1.165) is 18.4 Å². The van der Waals surface area contributed by atoms with Crippen molar-refractivity contribution in [3.8, 4) is 0 Å². The Kier molecular flexibility index (Phi) is 7.50. The molecular weight excluding hydrogens is 466 g/mol. The van der Waals surface area contributed by atoms with E-state index in [2.05, 4.69) is 19.1 Å². The van der Waals surface area contributed by atoms with E-state index in [1.807, 2.05) is 36.4 Å². The monoisotopic (exact) mass is 493 g/mol. The first-order chi connectivity index (χ1) is 16.3. The molecule has 0 bridgehead atoms. The van der Waals surface area contributed by atoms with Crippen LogP contribution in [0.1, 0.15) is 24.5 Å². The Morgan fingerprint density at radius 3 is 2.26 bits per heavy atom. The van der Waals surface area contributed by atoms with Crippen LogP contribution in [-0.4, -0.2) is 23.2 Å². The van der Waals surface area contributed by atoms with E-state index in [1.54, 1.807) is 34.5 Å². The SMILES string of the molecule is C[C@H](CCc1ccccc1)Sc1nc2ccccc2c(=O)n1CCc1ccc(S(N)(=O)=O)cc1. The normalized spacial score (nSPS) is 12.6. The molecule has 4 aromatic rings. The summed E-state index contributed by atoms with van der Waals surface area (Å²) in [5, 5.41) is 6.75. The van der Waals surface area contributed by atoms with Crippen molar-refractivity contribution in [1.29, 1.82) is 0 Å². The summed E-state index contributed by atoms with van der Waals surface area (Å²) in [5.41, 5.74) is 2.84. The molecular formula is C26H27N3O3S2. The number of para-hydroxylation sites is 1. The van der Waals surface area contributed by atoms with E-state index in [1.165, 1.54) is 17.7 Å². The second kappa shape index (κ2) is 10.5. The molecule has 0 saturated heterocycles. The lowest BCUT2D eigenvalue weighted by molar-refractivity contribution is 0.592. The van der Waals surface area contributed by atoms with Crippen molar-refractivity contribution < 1.29 is 8.42 Å². The number of rotatable bonds is 9. The highest BCUT2D eigenvalue weighted by Crippen LogP contribution is 2.26. The molecule has 1 atom stereocenters. The van der Waals surface area contributed by atoms with Gasteiger partial charge in [-0.05, 0) is 54.7 Å². The maximum Gasteiger partial charge on any atom is 0.262 e. The number of sulfonamides is 1. The van der Waals surface area contributed by atoms with Crippen LogP contribution in [0.15, 0.2) is 93.7 Å². The fourth-order valence-electron chi connectivity index (χ4n) is 3.77. The summed E-state index contributed by atoms with van der Waals surface area (Å²) in [7, 11) is -3.73. The van der Waals surface area contributed by atoms with Crippen molar-refractivity contribution in [3.05, 3.63) is 100 Å². The van der Waals surface area contributed by atoms with E-state index < -0.39 is 10.0 Å². The molecule has 4 rings (SSSR count). The third-order valence-electron chi connectivity index (χ3n) is 5.69. The van der Waals surface area contributed by atoms with E-state index in [4.69, 9.17) is 10.1 Å². The van der Waals surface area contributed by atoms with Crippen molar-refractivity contribution >= 4 is 32.7 Å². The number of benzene rings is 3. The molecule has 0 aliphatic heterocycles. The molecule has 0 aliphatic carbocycles. The van der Waals surface area contributed by atoms with E-state index >= 15 is 0 Å². The van der Waals surface area contributed by atoms with E-state index in [9.17, 15) is 13.2 Å². The van der Waals surface area contributed by atoms with Gasteiger partial charge >= 0.3 is 0 Å². The molecule has 34 heavy (non-hydrogen) atoms. The number of aryl methyl sites for hydroxylation is 2. The molecule has 0 fully saturated rings. The molecule has 0 amide bonds. The number of primary sulfonamides is 1. The van der Waals surface area contributed by atoms with Gasteiger partial charge in [-0.1, -0.05) is 73.3 Å². The van der Waals surface area contributed by atoms with Gasteiger partial charge in [-0.2, -0.15) is 0 Å². The van der Waals surface area contributed by atoms with Crippen LogP contribution in [0.25, 0.3) is 10.9 Å². The third kappa shape index (κ3) is 5.94. The molecule has 6 nitrogen and oxygen atoms in total. The van der Waals surface area contributed by atoms with Gasteiger partial charge in [0.1, 0.15) is 0 Å². The lowest BCUT2D eigenvalue weighted by Crippen LogP contribution is -2.25.